The van der Waals surface area contributed by atoms with Gasteiger partial charge in [-0.25, -0.2) is 0 Å². The number of aromatic nitrogens is 2. The summed E-state index contributed by atoms with van der Waals surface area (Å²) < 4.78 is 5.04. The molecule has 0 aliphatic carbocycles. The molecule has 0 radical (unpaired) electrons. The number of nitrogens with one attached hydrogen (secondary N) is 2. The van der Waals surface area contributed by atoms with Gasteiger partial charge in [-0.15, -0.1) is 0 Å². The molecule has 1 rings (SSSR count). The first-order valence-corrected chi connectivity index (χ1v) is 6.29. The summed E-state index contributed by atoms with van der Waals surface area (Å²) in [5.74, 6) is 2.67. The molecule has 1 aromatic rings. The lowest BCUT2D eigenvalue weighted by atomic mass is 10.1. The Hall–Kier alpha value is -1.59. The Balaban J connectivity index is 2.32. The Kier molecular flexibility index (Phi) is 5.61. The van der Waals surface area contributed by atoms with E-state index in [1.165, 1.54) is 0 Å². The van der Waals surface area contributed by atoms with Crippen LogP contribution in [0.1, 0.15) is 32.5 Å². The lowest BCUT2D eigenvalue weighted by Crippen LogP contribution is -2.44. The molecule has 102 valence electrons. The monoisotopic (exact) mass is 253 g/mol. The van der Waals surface area contributed by atoms with E-state index in [2.05, 4.69) is 46.5 Å². The third kappa shape index (κ3) is 4.73. The number of aryl methyl sites for hydroxylation is 1. The van der Waals surface area contributed by atoms with Crippen LogP contribution in [0.5, 0.6) is 0 Å². The number of aliphatic imine (C=N–C) groups is 1. The lowest BCUT2D eigenvalue weighted by molar-refractivity contribution is 0.374. The second-order valence-corrected chi connectivity index (χ2v) is 4.66. The fourth-order valence-electron chi connectivity index (χ4n) is 1.31. The second kappa shape index (κ2) is 6.98. The maximum Gasteiger partial charge on any atom is 0.228 e. The topological polar surface area (TPSA) is 75.3 Å². The molecule has 0 aliphatic rings. The minimum atomic E-state index is 0.377. The van der Waals surface area contributed by atoms with E-state index in [1.54, 1.807) is 7.05 Å². The molecular weight excluding hydrogens is 230 g/mol. The van der Waals surface area contributed by atoms with Crippen LogP contribution in [-0.2, 0) is 6.42 Å². The summed E-state index contributed by atoms with van der Waals surface area (Å²) >= 11 is 0. The molecule has 2 N–H and O–H groups in total. The highest BCUT2D eigenvalue weighted by Gasteiger charge is 2.09. The summed E-state index contributed by atoms with van der Waals surface area (Å²) in [6.45, 7) is 9.01. The van der Waals surface area contributed by atoms with E-state index in [9.17, 15) is 0 Å². The smallest absolute Gasteiger partial charge is 0.228 e. The van der Waals surface area contributed by atoms with Gasteiger partial charge in [-0.3, -0.25) is 4.99 Å². The van der Waals surface area contributed by atoms with Crippen molar-refractivity contribution in [3.05, 3.63) is 11.7 Å². The third-order valence-corrected chi connectivity index (χ3v) is 2.79. The van der Waals surface area contributed by atoms with Crippen molar-refractivity contribution in [2.75, 3.05) is 13.6 Å². The van der Waals surface area contributed by atoms with Gasteiger partial charge in [0, 0.05) is 26.1 Å². The van der Waals surface area contributed by atoms with Gasteiger partial charge >= 0.3 is 0 Å². The fourth-order valence-corrected chi connectivity index (χ4v) is 1.31. The summed E-state index contributed by atoms with van der Waals surface area (Å²) in [4.78, 5) is 8.32. The van der Waals surface area contributed by atoms with Gasteiger partial charge in [0.15, 0.2) is 11.8 Å². The molecule has 6 nitrogen and oxygen atoms in total. The molecule has 1 heterocycles. The minimum absolute atomic E-state index is 0.377. The van der Waals surface area contributed by atoms with Crippen LogP contribution in [0.15, 0.2) is 9.52 Å². The first-order valence-electron chi connectivity index (χ1n) is 6.29. The Bertz CT molecular complexity index is 386. The number of nitrogens with zero attached hydrogens (tertiary/aromatic N) is 3. The van der Waals surface area contributed by atoms with Crippen molar-refractivity contribution in [2.45, 2.75) is 40.2 Å². The van der Waals surface area contributed by atoms with Crippen LogP contribution in [0.25, 0.3) is 0 Å². The first-order chi connectivity index (χ1) is 8.52. The zero-order valence-corrected chi connectivity index (χ0v) is 11.8. The van der Waals surface area contributed by atoms with E-state index in [0.29, 0.717) is 36.6 Å². The normalized spacial score (nSPS) is 13.8. The number of hydrogen-bond acceptors (Lipinski definition) is 4. The highest BCUT2D eigenvalue weighted by Crippen LogP contribution is 1.99. The largest absolute Gasteiger partial charge is 0.356 e. The van der Waals surface area contributed by atoms with Crippen LogP contribution >= 0.6 is 0 Å². The molecule has 0 saturated heterocycles. The van der Waals surface area contributed by atoms with Gasteiger partial charge in [0.1, 0.15) is 0 Å². The van der Waals surface area contributed by atoms with Crippen LogP contribution < -0.4 is 10.6 Å². The molecule has 1 unspecified atom stereocenters. The summed E-state index contributed by atoms with van der Waals surface area (Å²) in [5.41, 5.74) is 0. The zero-order valence-electron chi connectivity index (χ0n) is 11.8. The number of hydrogen-bond donors (Lipinski definition) is 2. The molecule has 1 aromatic heterocycles. The van der Waals surface area contributed by atoms with Gasteiger partial charge in [0.2, 0.25) is 5.89 Å². The molecule has 0 saturated carbocycles. The van der Waals surface area contributed by atoms with Crippen molar-refractivity contribution in [3.63, 3.8) is 0 Å². The van der Waals surface area contributed by atoms with Crippen molar-refractivity contribution in [1.82, 2.24) is 20.8 Å². The highest BCUT2D eigenvalue weighted by atomic mass is 16.5. The minimum Gasteiger partial charge on any atom is -0.356 e. The summed E-state index contributed by atoms with van der Waals surface area (Å²) in [7, 11) is 1.76. The predicted octanol–water partition coefficient (Wildman–Crippen LogP) is 1.13. The van der Waals surface area contributed by atoms with Crippen LogP contribution in [0.2, 0.25) is 0 Å². The summed E-state index contributed by atoms with van der Waals surface area (Å²) in [5, 5.41) is 10.3. The second-order valence-electron chi connectivity index (χ2n) is 4.66. The van der Waals surface area contributed by atoms with Gasteiger partial charge in [0.25, 0.3) is 0 Å². The molecular formula is C12H23N5O. The van der Waals surface area contributed by atoms with Crippen molar-refractivity contribution >= 4 is 5.96 Å². The third-order valence-electron chi connectivity index (χ3n) is 2.79. The van der Waals surface area contributed by atoms with Gasteiger partial charge in [-0.2, -0.15) is 4.98 Å². The zero-order chi connectivity index (χ0) is 13.5. The Morgan fingerprint density at radius 3 is 2.61 bits per heavy atom. The van der Waals surface area contributed by atoms with Crippen molar-refractivity contribution in [1.29, 1.82) is 0 Å². The number of guanidine groups is 1. The molecule has 18 heavy (non-hydrogen) atoms. The standard InChI is InChI=1S/C12H23N5O/c1-8(2)9(3)15-12(13-5)14-7-6-11-16-10(4)17-18-11/h8-9H,6-7H2,1-5H3,(H2,13,14,15). The van der Waals surface area contributed by atoms with E-state index >= 15 is 0 Å². The van der Waals surface area contributed by atoms with Crippen molar-refractivity contribution < 1.29 is 4.52 Å². The first kappa shape index (κ1) is 14.5. The lowest BCUT2D eigenvalue weighted by Gasteiger charge is -2.20. The highest BCUT2D eigenvalue weighted by molar-refractivity contribution is 5.79. The van der Waals surface area contributed by atoms with E-state index in [0.717, 1.165) is 5.96 Å². The molecule has 0 spiro atoms. The molecule has 1 atom stereocenters. The average molecular weight is 253 g/mol. The van der Waals surface area contributed by atoms with Crippen LogP contribution in [-0.4, -0.2) is 35.7 Å². The molecule has 0 aliphatic heterocycles. The molecule has 0 fully saturated rings. The summed E-state index contributed by atoms with van der Waals surface area (Å²) in [6, 6.07) is 0.377. The Morgan fingerprint density at radius 2 is 2.11 bits per heavy atom. The van der Waals surface area contributed by atoms with E-state index in [-0.39, 0.29) is 0 Å². The maximum atomic E-state index is 5.04. The molecule has 0 amide bonds. The average Bonchev–Trinajstić information content (AvgIpc) is 2.73. The molecule has 6 heteroatoms. The van der Waals surface area contributed by atoms with E-state index in [1.807, 2.05) is 6.92 Å². The van der Waals surface area contributed by atoms with Crippen LogP contribution in [0.4, 0.5) is 0 Å². The predicted molar refractivity (Wildman–Crippen MR) is 71.5 cm³/mol. The van der Waals surface area contributed by atoms with Crippen LogP contribution in [0, 0.1) is 12.8 Å². The van der Waals surface area contributed by atoms with E-state index < -0.39 is 0 Å². The fraction of sp³-hybridized carbons (Fsp3) is 0.750. The number of rotatable bonds is 5. The van der Waals surface area contributed by atoms with Crippen LogP contribution in [0.3, 0.4) is 0 Å². The van der Waals surface area contributed by atoms with Gasteiger partial charge in [-0.1, -0.05) is 19.0 Å². The maximum absolute atomic E-state index is 5.04. The van der Waals surface area contributed by atoms with Crippen molar-refractivity contribution in [2.24, 2.45) is 10.9 Å². The Labute approximate surface area is 108 Å². The summed E-state index contributed by atoms with van der Waals surface area (Å²) in [6.07, 6.45) is 0.692. The van der Waals surface area contributed by atoms with Gasteiger partial charge < -0.3 is 15.2 Å². The Morgan fingerprint density at radius 1 is 1.39 bits per heavy atom. The quantitative estimate of drug-likeness (QED) is 0.608. The van der Waals surface area contributed by atoms with Crippen molar-refractivity contribution in [3.8, 4) is 0 Å². The SMILES string of the molecule is CN=C(NCCc1nc(C)no1)NC(C)C(C)C. The van der Waals surface area contributed by atoms with Gasteiger partial charge in [-0.05, 0) is 19.8 Å². The molecule has 0 aromatic carbocycles. The van der Waals surface area contributed by atoms with E-state index in [4.69, 9.17) is 4.52 Å². The molecule has 0 bridgehead atoms. The van der Waals surface area contributed by atoms with Gasteiger partial charge in [0.05, 0.1) is 0 Å².